The summed E-state index contributed by atoms with van der Waals surface area (Å²) in [6.07, 6.45) is -0.231. The highest BCUT2D eigenvalue weighted by Gasteiger charge is 2.21. The number of hydrogen-bond acceptors (Lipinski definition) is 0. The minimum atomic E-state index is -1.31. The van der Waals surface area contributed by atoms with Gasteiger partial charge >= 0.3 is 0 Å². The van der Waals surface area contributed by atoms with Crippen molar-refractivity contribution in [3.8, 4) is 0 Å². The highest BCUT2D eigenvalue weighted by atomic mass is 19.2. The number of alkyl halides is 2. The van der Waals surface area contributed by atoms with E-state index in [4.69, 9.17) is 0 Å². The fraction of sp³-hybridized carbons (Fsp3) is 0.500. The fourth-order valence-corrected chi connectivity index (χ4v) is 0.279. The summed E-state index contributed by atoms with van der Waals surface area (Å²) in [5.41, 5.74) is 0. The van der Waals surface area contributed by atoms with Gasteiger partial charge in [0.2, 0.25) is 0 Å². The smallest absolute Gasteiger partial charge is 0.153 e. The second-order valence-electron chi connectivity index (χ2n) is 1.27. The largest absolute Gasteiger partial charge is 0.239 e. The van der Waals surface area contributed by atoms with Gasteiger partial charge in [0.05, 0.1) is 0 Å². The molecule has 0 heterocycles. The van der Waals surface area contributed by atoms with Gasteiger partial charge in [-0.2, -0.15) is 0 Å². The van der Waals surface area contributed by atoms with Crippen LogP contribution in [0.25, 0.3) is 0 Å². The number of halogens is 2. The maximum absolute atomic E-state index is 11.4. The molecule has 1 rings (SSSR count). The van der Waals surface area contributed by atoms with Crippen LogP contribution in [0, 0.1) is 0 Å². The summed E-state index contributed by atoms with van der Waals surface area (Å²) < 4.78 is 22.9. The summed E-state index contributed by atoms with van der Waals surface area (Å²) in [7, 11) is 0. The van der Waals surface area contributed by atoms with Gasteiger partial charge in [-0.1, -0.05) is 0 Å². The Bertz CT molecular complexity index is 67.6. The SMILES string of the molecule is F[C@H]1C=C[C@@H]1F. The molecule has 0 saturated carbocycles. The molecule has 0 unspecified atom stereocenters. The molecule has 0 amide bonds. The van der Waals surface area contributed by atoms with Crippen LogP contribution in [-0.2, 0) is 0 Å². The first-order chi connectivity index (χ1) is 2.80. The minimum Gasteiger partial charge on any atom is -0.239 e. The quantitative estimate of drug-likeness (QED) is 0.392. The van der Waals surface area contributed by atoms with E-state index in [-0.39, 0.29) is 0 Å². The summed E-state index contributed by atoms with van der Waals surface area (Å²) in [6.45, 7) is 0. The summed E-state index contributed by atoms with van der Waals surface area (Å²) in [6, 6.07) is 0. The molecule has 2 heteroatoms. The maximum atomic E-state index is 11.4. The van der Waals surface area contributed by atoms with E-state index >= 15 is 0 Å². The first-order valence-corrected chi connectivity index (χ1v) is 1.77. The van der Waals surface area contributed by atoms with Crippen molar-refractivity contribution in [2.24, 2.45) is 0 Å². The maximum Gasteiger partial charge on any atom is 0.153 e. The molecule has 0 aromatic carbocycles. The third-order valence-corrected chi connectivity index (χ3v) is 0.783. The number of hydrogen-bond donors (Lipinski definition) is 0. The second-order valence-corrected chi connectivity index (χ2v) is 1.27. The average Bonchev–Trinajstić information content (AvgIpc) is 1.61. The lowest BCUT2D eigenvalue weighted by atomic mass is 10.1. The van der Waals surface area contributed by atoms with Crippen molar-refractivity contribution >= 4 is 0 Å². The lowest BCUT2D eigenvalue weighted by Gasteiger charge is -2.11. The van der Waals surface area contributed by atoms with Gasteiger partial charge in [0.25, 0.3) is 0 Å². The Morgan fingerprint density at radius 2 is 1.33 bits per heavy atom. The van der Waals surface area contributed by atoms with E-state index < -0.39 is 12.3 Å². The van der Waals surface area contributed by atoms with E-state index in [2.05, 4.69) is 0 Å². The predicted molar refractivity (Wildman–Crippen MR) is 18.9 cm³/mol. The molecule has 0 aliphatic heterocycles. The van der Waals surface area contributed by atoms with Gasteiger partial charge in [-0.3, -0.25) is 0 Å². The Morgan fingerprint density at radius 3 is 1.33 bits per heavy atom. The third kappa shape index (κ3) is 0.329. The molecule has 0 radical (unpaired) electrons. The molecule has 2 atom stereocenters. The van der Waals surface area contributed by atoms with E-state index in [0.29, 0.717) is 0 Å². The van der Waals surface area contributed by atoms with Crippen LogP contribution in [0.4, 0.5) is 8.78 Å². The minimum absolute atomic E-state index is 1.20. The Balaban J connectivity index is 2.45. The van der Waals surface area contributed by atoms with Crippen molar-refractivity contribution in [1.29, 1.82) is 0 Å². The monoisotopic (exact) mass is 90.0 g/mol. The van der Waals surface area contributed by atoms with Gasteiger partial charge < -0.3 is 0 Å². The van der Waals surface area contributed by atoms with Crippen LogP contribution >= 0.6 is 0 Å². The van der Waals surface area contributed by atoms with Crippen LogP contribution in [0.5, 0.6) is 0 Å². The summed E-state index contributed by atoms with van der Waals surface area (Å²) in [5.74, 6) is 0. The summed E-state index contributed by atoms with van der Waals surface area (Å²) in [4.78, 5) is 0. The van der Waals surface area contributed by atoms with Crippen molar-refractivity contribution in [2.45, 2.75) is 12.3 Å². The van der Waals surface area contributed by atoms with Crippen molar-refractivity contribution in [3.05, 3.63) is 12.2 Å². The zero-order chi connectivity index (χ0) is 4.57. The van der Waals surface area contributed by atoms with Gasteiger partial charge in [-0.25, -0.2) is 8.78 Å². The van der Waals surface area contributed by atoms with E-state index in [1.165, 1.54) is 12.2 Å². The van der Waals surface area contributed by atoms with E-state index in [0.717, 1.165) is 0 Å². The molecule has 1 aliphatic rings. The van der Waals surface area contributed by atoms with Crippen LogP contribution in [0.2, 0.25) is 0 Å². The molecule has 0 bridgehead atoms. The third-order valence-electron chi connectivity index (χ3n) is 0.783. The fourth-order valence-electron chi connectivity index (χ4n) is 0.279. The second kappa shape index (κ2) is 1.03. The Labute approximate surface area is 34.5 Å². The lowest BCUT2D eigenvalue weighted by Crippen LogP contribution is -2.19. The molecule has 0 N–H and O–H groups in total. The molecular formula is C4H4F2. The van der Waals surface area contributed by atoms with Gasteiger partial charge in [0.1, 0.15) is 0 Å². The van der Waals surface area contributed by atoms with Gasteiger partial charge in [0, 0.05) is 0 Å². The highest BCUT2D eigenvalue weighted by molar-refractivity contribution is 5.11. The molecule has 0 aromatic heterocycles. The topological polar surface area (TPSA) is 0 Å². The van der Waals surface area contributed by atoms with Crippen molar-refractivity contribution < 1.29 is 8.78 Å². The number of rotatable bonds is 0. The van der Waals surface area contributed by atoms with Crippen LogP contribution in [0.15, 0.2) is 12.2 Å². The molecule has 34 valence electrons. The molecule has 0 nitrogen and oxygen atoms in total. The molecular weight excluding hydrogens is 86.0 g/mol. The predicted octanol–water partition coefficient (Wildman–Crippen LogP) is 1.23. The van der Waals surface area contributed by atoms with Gasteiger partial charge in [-0.15, -0.1) is 0 Å². The first kappa shape index (κ1) is 3.78. The molecule has 1 aliphatic carbocycles. The molecule has 0 saturated heterocycles. The molecule has 6 heavy (non-hydrogen) atoms. The van der Waals surface area contributed by atoms with E-state index in [1.54, 1.807) is 0 Å². The molecule has 0 aromatic rings. The van der Waals surface area contributed by atoms with E-state index in [9.17, 15) is 8.78 Å². The number of allylic oxidation sites excluding steroid dienone is 2. The Kier molecular flexibility index (Phi) is 0.650. The zero-order valence-electron chi connectivity index (χ0n) is 3.07. The Hall–Kier alpha value is -0.400. The summed E-state index contributed by atoms with van der Waals surface area (Å²) >= 11 is 0. The van der Waals surface area contributed by atoms with Crippen LogP contribution in [0.3, 0.4) is 0 Å². The van der Waals surface area contributed by atoms with Crippen molar-refractivity contribution in [2.75, 3.05) is 0 Å². The lowest BCUT2D eigenvalue weighted by molar-refractivity contribution is 0.220. The normalized spacial score (nSPS) is 42.3. The standard InChI is InChI=1S/C4H4F2/c5-3-1-2-4(3)6/h1-4H/t3-,4-/m0/s1. The average molecular weight is 90.1 g/mol. The van der Waals surface area contributed by atoms with Crippen LogP contribution in [0.1, 0.15) is 0 Å². The van der Waals surface area contributed by atoms with Gasteiger partial charge in [0.15, 0.2) is 12.3 Å². The zero-order valence-corrected chi connectivity index (χ0v) is 3.07. The van der Waals surface area contributed by atoms with Crippen molar-refractivity contribution in [1.82, 2.24) is 0 Å². The molecule has 0 spiro atoms. The van der Waals surface area contributed by atoms with Crippen LogP contribution in [-0.4, -0.2) is 12.3 Å². The van der Waals surface area contributed by atoms with Crippen molar-refractivity contribution in [3.63, 3.8) is 0 Å². The summed E-state index contributed by atoms with van der Waals surface area (Å²) in [5, 5.41) is 0. The van der Waals surface area contributed by atoms with Crippen LogP contribution < -0.4 is 0 Å². The highest BCUT2D eigenvalue weighted by Crippen LogP contribution is 2.15. The first-order valence-electron chi connectivity index (χ1n) is 1.77. The molecule has 0 fully saturated rings. The van der Waals surface area contributed by atoms with Gasteiger partial charge in [-0.05, 0) is 12.2 Å². The van der Waals surface area contributed by atoms with E-state index in [1.807, 2.05) is 0 Å². The Morgan fingerprint density at radius 1 is 1.00 bits per heavy atom.